The Hall–Kier alpha value is -1.54. The second-order valence-corrected chi connectivity index (χ2v) is 5.10. The Morgan fingerprint density at radius 2 is 2.10 bits per heavy atom. The third kappa shape index (κ3) is 3.13. The molecule has 0 spiro atoms. The van der Waals surface area contributed by atoms with Gasteiger partial charge in [-0.05, 0) is 18.2 Å². The minimum absolute atomic E-state index is 0.213. The molecule has 0 amide bonds. The summed E-state index contributed by atoms with van der Waals surface area (Å²) in [7, 11) is 0. The van der Waals surface area contributed by atoms with Crippen LogP contribution < -0.4 is 11.1 Å². The molecule has 1 aromatic heterocycles. The van der Waals surface area contributed by atoms with Crippen LogP contribution in [0.1, 0.15) is 0 Å². The number of nitrogens with two attached hydrogens (primary N) is 1. The number of halogens is 4. The van der Waals surface area contributed by atoms with Crippen LogP contribution in [-0.2, 0) is 0 Å². The molecule has 1 unspecified atom stereocenters. The molecule has 8 heteroatoms. The molecule has 0 saturated carbocycles. The van der Waals surface area contributed by atoms with Gasteiger partial charge >= 0.3 is 6.18 Å². The van der Waals surface area contributed by atoms with E-state index in [-0.39, 0.29) is 5.69 Å². The highest BCUT2D eigenvalue weighted by Gasteiger charge is 2.37. The summed E-state index contributed by atoms with van der Waals surface area (Å²) in [4.78, 5) is 4.09. The average molecular weight is 350 g/mol. The van der Waals surface area contributed by atoms with E-state index in [4.69, 9.17) is 10.8 Å². The monoisotopic (exact) mass is 349 g/mol. The summed E-state index contributed by atoms with van der Waals surface area (Å²) >= 11 is 3.28. The third-order valence-corrected chi connectivity index (χ3v) is 3.20. The largest absolute Gasteiger partial charge is 0.416 e. The number of rotatable bonds is 3. The van der Waals surface area contributed by atoms with Crippen LogP contribution in [0.25, 0.3) is 10.9 Å². The van der Waals surface area contributed by atoms with Crippen LogP contribution in [0, 0.1) is 0 Å². The fraction of sp³-hybridized carbons (Fsp3) is 0.250. The number of aromatic nitrogens is 1. The molecule has 0 fully saturated rings. The Labute approximate surface area is 120 Å². The zero-order chi connectivity index (χ0) is 14.9. The van der Waals surface area contributed by atoms with Crippen LogP contribution in [0.2, 0.25) is 0 Å². The van der Waals surface area contributed by atoms with Crippen molar-refractivity contribution in [1.82, 2.24) is 4.98 Å². The molecule has 1 atom stereocenters. The molecule has 4 N–H and O–H groups in total. The second-order valence-electron chi connectivity index (χ2n) is 4.19. The first-order valence-electron chi connectivity index (χ1n) is 5.61. The van der Waals surface area contributed by atoms with E-state index in [0.717, 1.165) is 4.47 Å². The molecule has 4 nitrogen and oxygen atoms in total. The average Bonchev–Trinajstić information content (AvgIpc) is 2.36. The normalized spacial score (nSPS) is 13.4. The number of pyridine rings is 1. The number of nitrogens with zero attached hydrogens (tertiary/aromatic N) is 1. The van der Waals surface area contributed by atoms with E-state index in [2.05, 4.69) is 26.2 Å². The molecule has 0 aliphatic carbocycles. The molecule has 2 aromatic rings. The van der Waals surface area contributed by atoms with Crippen LogP contribution in [0.3, 0.4) is 0 Å². The zero-order valence-electron chi connectivity index (χ0n) is 10.1. The van der Waals surface area contributed by atoms with E-state index in [1.165, 1.54) is 6.20 Å². The SMILES string of the molecule is Nc1cnc2ccc(Br)cc2c1NCC(O)C(F)(F)F. The highest BCUT2D eigenvalue weighted by atomic mass is 79.9. The molecular weight excluding hydrogens is 339 g/mol. The fourth-order valence-corrected chi connectivity index (χ4v) is 2.05. The van der Waals surface area contributed by atoms with Gasteiger partial charge in [0.25, 0.3) is 0 Å². The van der Waals surface area contributed by atoms with Crippen LogP contribution in [0.5, 0.6) is 0 Å². The number of benzene rings is 1. The summed E-state index contributed by atoms with van der Waals surface area (Å²) in [5, 5.41) is 12.1. The Morgan fingerprint density at radius 3 is 2.75 bits per heavy atom. The van der Waals surface area contributed by atoms with E-state index in [1.807, 2.05) is 0 Å². The van der Waals surface area contributed by atoms with E-state index in [9.17, 15) is 13.2 Å². The molecule has 1 heterocycles. The molecule has 0 aliphatic heterocycles. The molecule has 20 heavy (non-hydrogen) atoms. The van der Waals surface area contributed by atoms with Gasteiger partial charge in [-0.3, -0.25) is 4.98 Å². The number of aliphatic hydroxyl groups excluding tert-OH is 1. The van der Waals surface area contributed by atoms with Crippen LogP contribution >= 0.6 is 15.9 Å². The van der Waals surface area contributed by atoms with Crippen molar-refractivity contribution >= 4 is 38.2 Å². The van der Waals surface area contributed by atoms with Crippen molar-refractivity contribution in [2.75, 3.05) is 17.6 Å². The summed E-state index contributed by atoms with van der Waals surface area (Å²) in [6.07, 6.45) is -5.78. The molecule has 2 rings (SSSR count). The first-order valence-corrected chi connectivity index (χ1v) is 6.40. The van der Waals surface area contributed by atoms with Crippen molar-refractivity contribution in [3.05, 3.63) is 28.9 Å². The summed E-state index contributed by atoms with van der Waals surface area (Å²) in [6.45, 7) is -0.681. The lowest BCUT2D eigenvalue weighted by molar-refractivity contribution is -0.198. The molecule has 1 aromatic carbocycles. The molecule has 0 saturated heterocycles. The number of hydrogen-bond acceptors (Lipinski definition) is 4. The van der Waals surface area contributed by atoms with Crippen LogP contribution in [0.15, 0.2) is 28.9 Å². The van der Waals surface area contributed by atoms with E-state index < -0.39 is 18.8 Å². The standard InChI is InChI=1S/C12H11BrF3N3O/c13-6-1-2-9-7(3-6)11(8(17)4-18-9)19-5-10(20)12(14,15)16/h1-4,10,20H,5,17H2,(H,18,19). The van der Waals surface area contributed by atoms with Gasteiger partial charge in [0.15, 0.2) is 6.10 Å². The Bertz CT molecular complexity index is 628. The minimum Gasteiger partial charge on any atom is -0.396 e. The van der Waals surface area contributed by atoms with Crippen LogP contribution in [-0.4, -0.2) is 28.9 Å². The van der Waals surface area contributed by atoms with Crippen molar-refractivity contribution in [1.29, 1.82) is 0 Å². The Kier molecular flexibility index (Phi) is 4.05. The molecule has 0 radical (unpaired) electrons. The fourth-order valence-electron chi connectivity index (χ4n) is 1.69. The topological polar surface area (TPSA) is 71.2 Å². The van der Waals surface area contributed by atoms with E-state index in [1.54, 1.807) is 18.2 Å². The van der Waals surface area contributed by atoms with Gasteiger partial charge in [-0.1, -0.05) is 15.9 Å². The van der Waals surface area contributed by atoms with Crippen molar-refractivity contribution in [3.63, 3.8) is 0 Å². The molecule has 0 bridgehead atoms. The number of alkyl halides is 3. The lowest BCUT2D eigenvalue weighted by Crippen LogP contribution is -2.35. The number of fused-ring (bicyclic) bond motifs is 1. The van der Waals surface area contributed by atoms with Gasteiger partial charge in [0.2, 0.25) is 0 Å². The maximum Gasteiger partial charge on any atom is 0.416 e. The Balaban J connectivity index is 2.33. The minimum atomic E-state index is -4.68. The second kappa shape index (κ2) is 5.45. The quantitative estimate of drug-likeness (QED) is 0.796. The molecule has 0 aliphatic rings. The van der Waals surface area contributed by atoms with Gasteiger partial charge < -0.3 is 16.2 Å². The lowest BCUT2D eigenvalue weighted by atomic mass is 10.1. The van der Waals surface area contributed by atoms with Gasteiger partial charge in [-0.25, -0.2) is 0 Å². The van der Waals surface area contributed by atoms with Gasteiger partial charge in [-0.2, -0.15) is 13.2 Å². The number of aliphatic hydroxyl groups is 1. The van der Waals surface area contributed by atoms with E-state index >= 15 is 0 Å². The molecular formula is C12H11BrF3N3O. The summed E-state index contributed by atoms with van der Waals surface area (Å²) in [6, 6.07) is 5.17. The maximum absolute atomic E-state index is 12.3. The summed E-state index contributed by atoms with van der Waals surface area (Å²) in [5.74, 6) is 0. The first-order chi connectivity index (χ1) is 9.29. The smallest absolute Gasteiger partial charge is 0.396 e. The van der Waals surface area contributed by atoms with Gasteiger partial charge in [0, 0.05) is 16.4 Å². The number of nitrogens with one attached hydrogen (secondary N) is 1. The van der Waals surface area contributed by atoms with Gasteiger partial charge in [-0.15, -0.1) is 0 Å². The zero-order valence-corrected chi connectivity index (χ0v) is 11.7. The van der Waals surface area contributed by atoms with Crippen molar-refractivity contribution in [3.8, 4) is 0 Å². The van der Waals surface area contributed by atoms with Crippen molar-refractivity contribution < 1.29 is 18.3 Å². The highest BCUT2D eigenvalue weighted by Crippen LogP contribution is 2.30. The van der Waals surface area contributed by atoms with Crippen molar-refractivity contribution in [2.45, 2.75) is 12.3 Å². The summed E-state index contributed by atoms with van der Waals surface area (Å²) in [5.41, 5.74) is 6.85. The van der Waals surface area contributed by atoms with Crippen molar-refractivity contribution in [2.24, 2.45) is 0 Å². The number of anilines is 2. The van der Waals surface area contributed by atoms with Gasteiger partial charge in [0.05, 0.1) is 23.1 Å². The first kappa shape index (κ1) is 14.9. The maximum atomic E-state index is 12.3. The third-order valence-electron chi connectivity index (χ3n) is 2.71. The predicted molar refractivity (Wildman–Crippen MR) is 74.4 cm³/mol. The predicted octanol–water partition coefficient (Wildman–Crippen LogP) is 2.91. The van der Waals surface area contributed by atoms with E-state index in [0.29, 0.717) is 16.6 Å². The molecule has 108 valence electrons. The number of nitrogen functional groups attached to an aromatic ring is 1. The number of hydrogen-bond donors (Lipinski definition) is 3. The highest BCUT2D eigenvalue weighted by molar-refractivity contribution is 9.10. The van der Waals surface area contributed by atoms with Crippen LogP contribution in [0.4, 0.5) is 24.5 Å². The summed E-state index contributed by atoms with van der Waals surface area (Å²) < 4.78 is 37.6. The lowest BCUT2D eigenvalue weighted by Gasteiger charge is -2.17. The Morgan fingerprint density at radius 1 is 1.40 bits per heavy atom. The van der Waals surface area contributed by atoms with Gasteiger partial charge in [0.1, 0.15) is 0 Å².